The molecule has 0 aromatic heterocycles. The van der Waals surface area contributed by atoms with Gasteiger partial charge in [-0.1, -0.05) is 298 Å². The fourth-order valence-corrected chi connectivity index (χ4v) is 12.3. The quantitative estimate of drug-likeness (QED) is 0.0146. The number of carbonyl (C=O) groups excluding carboxylic acids is 3. The fourth-order valence-electron chi connectivity index (χ4n) is 10.7. The van der Waals surface area contributed by atoms with Gasteiger partial charge in [0, 0.05) is 19.3 Å². The van der Waals surface area contributed by atoms with E-state index in [4.69, 9.17) is 32.3 Å². The van der Waals surface area contributed by atoms with Crippen molar-refractivity contribution in [2.75, 3.05) is 39.6 Å². The van der Waals surface area contributed by atoms with Crippen LogP contribution in [-0.2, 0) is 55.8 Å². The summed E-state index contributed by atoms with van der Waals surface area (Å²) < 4.78 is 61.0. The smallest absolute Gasteiger partial charge is 0.463 e. The van der Waals surface area contributed by atoms with Gasteiger partial charge in [-0.15, -0.1) is 0 Å². The van der Waals surface area contributed by atoms with Gasteiger partial charge in [0.15, 0.2) is 6.10 Å². The minimum Gasteiger partial charge on any atom is -0.463 e. The summed E-state index contributed by atoms with van der Waals surface area (Å²) in [6.45, 7) is 2.53. The van der Waals surface area contributed by atoms with Gasteiger partial charge < -0.3 is 34.2 Å². The van der Waals surface area contributed by atoms with Crippen LogP contribution in [0.2, 0.25) is 0 Å². The van der Waals surface area contributed by atoms with Crippen LogP contribution >= 0.6 is 15.6 Å². The third kappa shape index (κ3) is 75.5. The zero-order valence-electron chi connectivity index (χ0n) is 62.6. The van der Waals surface area contributed by atoms with Gasteiger partial charge in [0.2, 0.25) is 0 Å². The SMILES string of the molecule is CC/C=C\C/C=C\C/C=C\CCCCCCCCCC(=O)OCC(COP(=O)(O)OCC(O)COP(=O)(O)OCC(O)COC(=O)CCCCCCCCCCCCCCCCCCC/C=C\C/C=C\C/C=C\C/C=C\CCCCC)OC(=O)CCCCCCC/C=C\CCCCCC. The molecule has 5 unspecified atom stereocenters. The lowest BCUT2D eigenvalue weighted by atomic mass is 10.0. The van der Waals surface area contributed by atoms with Crippen molar-refractivity contribution in [3.05, 3.63) is 97.2 Å². The molecule has 0 amide bonds. The van der Waals surface area contributed by atoms with Crippen molar-refractivity contribution in [1.29, 1.82) is 0 Å². The molecule has 0 rings (SSSR count). The third-order valence-corrected chi connectivity index (χ3v) is 18.7. The molecule has 0 aliphatic rings. The Morgan fingerprint density at radius 3 is 0.879 bits per heavy atom. The lowest BCUT2D eigenvalue weighted by Crippen LogP contribution is -2.30. The van der Waals surface area contributed by atoms with Gasteiger partial charge >= 0.3 is 33.6 Å². The summed E-state index contributed by atoms with van der Waals surface area (Å²) in [6, 6.07) is 0. The molecule has 18 heteroatoms. The van der Waals surface area contributed by atoms with E-state index in [1.807, 2.05) is 0 Å². The maximum Gasteiger partial charge on any atom is 0.472 e. The van der Waals surface area contributed by atoms with Crippen LogP contribution in [0.25, 0.3) is 0 Å². The van der Waals surface area contributed by atoms with Gasteiger partial charge in [0.25, 0.3) is 0 Å². The summed E-state index contributed by atoms with van der Waals surface area (Å²) in [5.74, 6) is -1.58. The van der Waals surface area contributed by atoms with Gasteiger partial charge in [-0.25, -0.2) is 9.13 Å². The Bertz CT molecular complexity index is 2190. The number of ether oxygens (including phenoxy) is 3. The zero-order chi connectivity index (χ0) is 72.3. The summed E-state index contributed by atoms with van der Waals surface area (Å²) in [5.41, 5.74) is 0. The Kier molecular flexibility index (Phi) is 71.6. The second kappa shape index (κ2) is 74.2. The van der Waals surface area contributed by atoms with Crippen LogP contribution in [0.15, 0.2) is 97.2 Å². The molecule has 16 nitrogen and oxygen atoms in total. The normalized spacial score (nSPS) is 14.5. The van der Waals surface area contributed by atoms with Crippen LogP contribution in [0.1, 0.15) is 342 Å². The van der Waals surface area contributed by atoms with E-state index in [-0.39, 0.29) is 19.3 Å². The monoisotopic (exact) mass is 1430 g/mol. The largest absolute Gasteiger partial charge is 0.472 e. The van der Waals surface area contributed by atoms with Gasteiger partial charge in [-0.05, 0) is 122 Å². The van der Waals surface area contributed by atoms with E-state index in [1.54, 1.807) is 0 Å². The molecular weight excluding hydrogens is 1290 g/mol. The van der Waals surface area contributed by atoms with E-state index in [2.05, 4.69) is 118 Å². The Morgan fingerprint density at radius 2 is 0.535 bits per heavy atom. The molecule has 0 fully saturated rings. The van der Waals surface area contributed by atoms with E-state index >= 15 is 0 Å². The Balaban J connectivity index is 4.37. The number of allylic oxidation sites excluding steroid dienone is 16. The average Bonchev–Trinajstić information content (AvgIpc) is 1.05. The number of hydrogen-bond acceptors (Lipinski definition) is 14. The molecule has 0 aliphatic heterocycles. The molecule has 4 N–H and O–H groups in total. The van der Waals surface area contributed by atoms with Crippen LogP contribution in [0.4, 0.5) is 0 Å². The highest BCUT2D eigenvalue weighted by Crippen LogP contribution is 2.45. The van der Waals surface area contributed by atoms with E-state index in [0.29, 0.717) is 19.3 Å². The van der Waals surface area contributed by atoms with Crippen LogP contribution in [-0.4, -0.2) is 95.9 Å². The number of aliphatic hydroxyl groups excluding tert-OH is 2. The van der Waals surface area contributed by atoms with Crippen molar-refractivity contribution in [2.24, 2.45) is 0 Å². The maximum atomic E-state index is 12.9. The number of phosphoric ester groups is 2. The van der Waals surface area contributed by atoms with Crippen molar-refractivity contribution in [3.8, 4) is 0 Å². The first-order valence-electron chi connectivity index (χ1n) is 39.5. The summed E-state index contributed by atoms with van der Waals surface area (Å²) in [4.78, 5) is 58.5. The number of hydrogen-bond donors (Lipinski definition) is 4. The number of aliphatic hydroxyl groups is 2. The van der Waals surface area contributed by atoms with Crippen molar-refractivity contribution in [3.63, 3.8) is 0 Å². The Labute approximate surface area is 603 Å². The minimum atomic E-state index is -4.93. The molecule has 574 valence electrons. The van der Waals surface area contributed by atoms with Crippen LogP contribution < -0.4 is 0 Å². The van der Waals surface area contributed by atoms with Crippen molar-refractivity contribution in [1.82, 2.24) is 0 Å². The topological polar surface area (TPSA) is 231 Å². The zero-order valence-corrected chi connectivity index (χ0v) is 64.4. The summed E-state index contributed by atoms with van der Waals surface area (Å²) in [5, 5.41) is 20.6. The summed E-state index contributed by atoms with van der Waals surface area (Å²) in [7, 11) is -9.78. The van der Waals surface area contributed by atoms with E-state index in [9.17, 15) is 43.5 Å². The number of phosphoric acid groups is 2. The van der Waals surface area contributed by atoms with E-state index in [0.717, 1.165) is 141 Å². The number of carbonyl (C=O) groups is 3. The van der Waals surface area contributed by atoms with Gasteiger partial charge in [0.05, 0.1) is 26.4 Å². The molecule has 0 saturated heterocycles. The number of unbranched alkanes of at least 4 members (excludes halogenated alkanes) is 36. The van der Waals surface area contributed by atoms with E-state index in [1.165, 1.54) is 141 Å². The maximum absolute atomic E-state index is 12.9. The highest BCUT2D eigenvalue weighted by molar-refractivity contribution is 7.47. The van der Waals surface area contributed by atoms with Crippen LogP contribution in [0.3, 0.4) is 0 Å². The average molecular weight is 1440 g/mol. The van der Waals surface area contributed by atoms with E-state index < -0.39 is 91.5 Å². The van der Waals surface area contributed by atoms with Crippen LogP contribution in [0, 0.1) is 0 Å². The Hall–Kier alpha value is -3.53. The summed E-state index contributed by atoms with van der Waals surface area (Å²) >= 11 is 0. The van der Waals surface area contributed by atoms with Gasteiger partial charge in [-0.2, -0.15) is 0 Å². The van der Waals surface area contributed by atoms with Crippen LogP contribution in [0.5, 0.6) is 0 Å². The standard InChI is InChI=1S/C81H144O16P2/c1-4-7-10-13-16-19-22-25-27-29-30-31-32-33-34-35-36-37-38-39-40-41-42-43-44-46-48-50-52-55-58-61-64-67-79(84)91-70-76(82)71-93-98(87,88)94-72-77(83)73-95-99(89,90)96-75-78(97-81(86)69-66-63-60-57-54-49-24-21-18-15-12-9-6-3)74-92-80(85)68-65-62-59-56-53-51-47-45-28-26-23-20-17-14-11-8-5-2/h8,11,16-17,19-21,24-28,30-31,33-34,76-78,82-83H,4-7,9-10,12-15,18,22-23,29,32,35-75H2,1-3H3,(H,87,88)(H,89,90)/b11-8-,19-16-,20-17-,24-21-,27-25-,28-26-,31-30-,34-33-. The second-order valence-electron chi connectivity index (χ2n) is 26.5. The molecule has 0 heterocycles. The number of esters is 3. The van der Waals surface area contributed by atoms with Gasteiger partial charge in [-0.3, -0.25) is 32.5 Å². The minimum absolute atomic E-state index is 0.0931. The highest BCUT2D eigenvalue weighted by atomic mass is 31.2. The molecule has 0 aliphatic carbocycles. The lowest BCUT2D eigenvalue weighted by Gasteiger charge is -2.21. The van der Waals surface area contributed by atoms with Crippen molar-refractivity contribution >= 4 is 33.6 Å². The lowest BCUT2D eigenvalue weighted by molar-refractivity contribution is -0.161. The second-order valence-corrected chi connectivity index (χ2v) is 29.4. The molecular formula is C81H144O16P2. The first kappa shape index (κ1) is 95.5. The number of rotatable bonds is 75. The predicted molar refractivity (Wildman–Crippen MR) is 408 cm³/mol. The molecule has 5 atom stereocenters. The first-order valence-corrected chi connectivity index (χ1v) is 42.5. The molecule has 0 aromatic carbocycles. The first-order chi connectivity index (χ1) is 48.2. The summed E-state index contributed by atoms with van der Waals surface area (Å²) in [6.07, 6.45) is 84.8. The molecule has 0 bridgehead atoms. The molecule has 0 saturated carbocycles. The fraction of sp³-hybridized carbons (Fsp3) is 0.765. The van der Waals surface area contributed by atoms with Gasteiger partial charge in [0.1, 0.15) is 25.4 Å². The van der Waals surface area contributed by atoms with Crippen molar-refractivity contribution < 1.29 is 75.8 Å². The predicted octanol–water partition coefficient (Wildman–Crippen LogP) is 23.0. The molecule has 0 radical (unpaired) electrons. The third-order valence-electron chi connectivity index (χ3n) is 16.8. The molecule has 0 spiro atoms. The Morgan fingerprint density at radius 1 is 0.293 bits per heavy atom. The molecule has 0 aromatic rings. The molecule has 99 heavy (non-hydrogen) atoms. The highest BCUT2D eigenvalue weighted by Gasteiger charge is 2.29. The van der Waals surface area contributed by atoms with Crippen molar-refractivity contribution in [2.45, 2.75) is 360 Å².